The van der Waals surface area contributed by atoms with E-state index in [9.17, 15) is 19.4 Å². The van der Waals surface area contributed by atoms with E-state index in [1.807, 2.05) is 0 Å². The van der Waals surface area contributed by atoms with E-state index in [1.54, 1.807) is 6.07 Å². The van der Waals surface area contributed by atoms with E-state index in [4.69, 9.17) is 9.15 Å². The maximum Gasteiger partial charge on any atom is 0.227 e. The first-order valence-corrected chi connectivity index (χ1v) is 7.31. The molecule has 3 aromatic rings. The zero-order valence-electron chi connectivity index (χ0n) is 13.2. The van der Waals surface area contributed by atoms with Crippen LogP contribution in [-0.2, 0) is 11.2 Å². The van der Waals surface area contributed by atoms with Gasteiger partial charge < -0.3 is 24.2 Å². The van der Waals surface area contributed by atoms with Crippen molar-refractivity contribution in [1.82, 2.24) is 4.98 Å². The molecule has 3 rings (SSSR count). The number of carbonyl (C=O) groups excluding carboxylic acids is 1. The summed E-state index contributed by atoms with van der Waals surface area (Å²) in [5.74, 6) is -1.22. The van der Waals surface area contributed by atoms with Crippen molar-refractivity contribution in [2.24, 2.45) is 0 Å². The molecule has 0 aliphatic rings. The molecule has 0 spiro atoms. The number of carboxylic acid groups (broad SMARTS) is 1. The number of rotatable bonds is 5. The van der Waals surface area contributed by atoms with E-state index < -0.39 is 18.2 Å². The van der Waals surface area contributed by atoms with Gasteiger partial charge in [-0.05, 0) is 42.5 Å². The number of oxazole rings is 1. The fourth-order valence-electron chi connectivity index (χ4n) is 2.37. The van der Waals surface area contributed by atoms with Gasteiger partial charge in [0.25, 0.3) is 0 Å². The largest absolute Gasteiger partial charge is 0.550 e. The highest BCUT2D eigenvalue weighted by atomic mass is 19.1. The van der Waals surface area contributed by atoms with Crippen LogP contribution in [0.2, 0.25) is 0 Å². The summed E-state index contributed by atoms with van der Waals surface area (Å²) in [6, 6.07) is 9.91. The standard InChI is InChI=1S/C18H14FNO5/c1-24-15-8-11(4-7-14(15)21)17-13(9-16(22)23)20-18(25-17)10-2-5-12(19)6-3-10/h2-8,21H,9H2,1H3,(H,22,23)/p-1. The van der Waals surface area contributed by atoms with Crippen molar-refractivity contribution < 1.29 is 28.6 Å². The fraction of sp³-hybridized carbons (Fsp3) is 0.111. The Balaban J connectivity index is 2.11. The molecule has 0 bridgehead atoms. The third-order valence-corrected chi connectivity index (χ3v) is 3.54. The van der Waals surface area contributed by atoms with Crippen molar-refractivity contribution in [2.75, 3.05) is 7.11 Å². The highest BCUT2D eigenvalue weighted by Crippen LogP contribution is 2.35. The van der Waals surface area contributed by atoms with Crippen LogP contribution in [0.5, 0.6) is 11.5 Å². The number of hydrogen-bond donors (Lipinski definition) is 1. The molecule has 0 radical (unpaired) electrons. The van der Waals surface area contributed by atoms with Gasteiger partial charge in [0, 0.05) is 23.5 Å². The number of halogens is 1. The Morgan fingerprint density at radius 3 is 2.56 bits per heavy atom. The predicted molar refractivity (Wildman–Crippen MR) is 84.3 cm³/mol. The number of phenols is 1. The first kappa shape index (κ1) is 16.5. The van der Waals surface area contributed by atoms with Crippen LogP contribution in [0.1, 0.15) is 5.69 Å². The lowest BCUT2D eigenvalue weighted by atomic mass is 10.1. The highest BCUT2D eigenvalue weighted by Gasteiger charge is 2.18. The number of benzene rings is 2. The van der Waals surface area contributed by atoms with Crippen LogP contribution < -0.4 is 9.84 Å². The smallest absolute Gasteiger partial charge is 0.227 e. The highest BCUT2D eigenvalue weighted by molar-refractivity contribution is 5.74. The molecule has 0 aliphatic carbocycles. The molecule has 0 saturated heterocycles. The molecule has 0 atom stereocenters. The van der Waals surface area contributed by atoms with E-state index in [2.05, 4.69) is 4.98 Å². The van der Waals surface area contributed by atoms with Crippen LogP contribution in [0.3, 0.4) is 0 Å². The van der Waals surface area contributed by atoms with Crippen LogP contribution >= 0.6 is 0 Å². The molecule has 1 aromatic heterocycles. The van der Waals surface area contributed by atoms with Crippen molar-refractivity contribution in [3.8, 4) is 34.3 Å². The van der Waals surface area contributed by atoms with Gasteiger partial charge in [-0.1, -0.05) is 0 Å². The molecule has 2 aromatic carbocycles. The normalized spacial score (nSPS) is 10.6. The Hall–Kier alpha value is -3.35. The van der Waals surface area contributed by atoms with Crippen molar-refractivity contribution in [1.29, 1.82) is 0 Å². The molecule has 0 amide bonds. The second kappa shape index (κ2) is 6.64. The predicted octanol–water partition coefficient (Wildman–Crippen LogP) is 2.15. The summed E-state index contributed by atoms with van der Waals surface area (Å²) < 4.78 is 23.8. The number of aliphatic carboxylic acids is 1. The van der Waals surface area contributed by atoms with Crippen molar-refractivity contribution >= 4 is 5.97 Å². The van der Waals surface area contributed by atoms with Crippen LogP contribution in [0.15, 0.2) is 46.9 Å². The maximum atomic E-state index is 13.1. The second-order valence-electron chi connectivity index (χ2n) is 5.24. The number of aromatic hydroxyl groups is 1. The molecule has 128 valence electrons. The van der Waals surface area contributed by atoms with Gasteiger partial charge in [0.2, 0.25) is 5.89 Å². The topological polar surface area (TPSA) is 95.6 Å². The van der Waals surface area contributed by atoms with Crippen LogP contribution in [-0.4, -0.2) is 23.2 Å². The number of phenolic OH excluding ortho intramolecular Hbond substituents is 1. The summed E-state index contributed by atoms with van der Waals surface area (Å²) in [5.41, 5.74) is 1.14. The van der Waals surface area contributed by atoms with E-state index in [0.29, 0.717) is 11.1 Å². The van der Waals surface area contributed by atoms with Gasteiger partial charge in [-0.15, -0.1) is 0 Å². The van der Waals surface area contributed by atoms with Gasteiger partial charge in [-0.2, -0.15) is 0 Å². The molecular formula is C18H13FNO5-. The van der Waals surface area contributed by atoms with E-state index in [1.165, 1.54) is 43.5 Å². The molecule has 0 saturated carbocycles. The molecule has 6 nitrogen and oxygen atoms in total. The summed E-state index contributed by atoms with van der Waals surface area (Å²) >= 11 is 0. The molecule has 7 heteroatoms. The van der Waals surface area contributed by atoms with Crippen LogP contribution in [0, 0.1) is 5.82 Å². The van der Waals surface area contributed by atoms with Gasteiger partial charge in [-0.3, -0.25) is 0 Å². The van der Waals surface area contributed by atoms with Crippen LogP contribution in [0.25, 0.3) is 22.8 Å². The summed E-state index contributed by atoms with van der Waals surface area (Å²) in [6.45, 7) is 0. The lowest BCUT2D eigenvalue weighted by Gasteiger charge is -2.06. The molecular weight excluding hydrogens is 329 g/mol. The second-order valence-corrected chi connectivity index (χ2v) is 5.24. The van der Waals surface area contributed by atoms with Gasteiger partial charge in [0.15, 0.2) is 17.3 Å². The molecule has 0 aliphatic heterocycles. The lowest BCUT2D eigenvalue weighted by Crippen LogP contribution is -2.24. The lowest BCUT2D eigenvalue weighted by molar-refractivity contribution is -0.304. The quantitative estimate of drug-likeness (QED) is 0.763. The zero-order chi connectivity index (χ0) is 18.0. The SMILES string of the molecule is COc1cc(-c2oc(-c3ccc(F)cc3)nc2CC(=O)[O-])ccc1O. The number of carboxylic acids is 1. The molecule has 1 N–H and O–H groups in total. The Morgan fingerprint density at radius 1 is 1.24 bits per heavy atom. The minimum atomic E-state index is -1.31. The Morgan fingerprint density at radius 2 is 1.92 bits per heavy atom. The van der Waals surface area contributed by atoms with Crippen molar-refractivity contribution in [3.05, 3.63) is 54.0 Å². The Labute approximate surface area is 142 Å². The Kier molecular flexibility index (Phi) is 4.38. The maximum absolute atomic E-state index is 13.1. The number of carbonyl (C=O) groups is 1. The fourth-order valence-corrected chi connectivity index (χ4v) is 2.37. The van der Waals surface area contributed by atoms with Crippen LogP contribution in [0.4, 0.5) is 4.39 Å². The first-order valence-electron chi connectivity index (χ1n) is 7.31. The number of aromatic nitrogens is 1. The monoisotopic (exact) mass is 342 g/mol. The number of hydrogen-bond acceptors (Lipinski definition) is 6. The third-order valence-electron chi connectivity index (χ3n) is 3.54. The van der Waals surface area contributed by atoms with E-state index >= 15 is 0 Å². The zero-order valence-corrected chi connectivity index (χ0v) is 13.2. The van der Waals surface area contributed by atoms with Crippen molar-refractivity contribution in [3.63, 3.8) is 0 Å². The van der Waals surface area contributed by atoms with Gasteiger partial charge in [0.1, 0.15) is 5.82 Å². The number of ether oxygens (including phenoxy) is 1. The van der Waals surface area contributed by atoms with E-state index in [0.717, 1.165) is 0 Å². The summed E-state index contributed by atoms with van der Waals surface area (Å²) in [5, 5.41) is 20.7. The average Bonchev–Trinajstić information content (AvgIpc) is 2.99. The third kappa shape index (κ3) is 3.45. The van der Waals surface area contributed by atoms with Gasteiger partial charge in [-0.25, -0.2) is 9.37 Å². The summed E-state index contributed by atoms with van der Waals surface area (Å²) in [7, 11) is 1.39. The molecule has 25 heavy (non-hydrogen) atoms. The minimum absolute atomic E-state index is 0.0639. The molecule has 0 unspecified atom stereocenters. The summed E-state index contributed by atoms with van der Waals surface area (Å²) in [4.78, 5) is 15.2. The van der Waals surface area contributed by atoms with Crippen molar-refractivity contribution in [2.45, 2.75) is 6.42 Å². The van der Waals surface area contributed by atoms with Gasteiger partial charge in [0.05, 0.1) is 12.8 Å². The Bertz CT molecular complexity index is 918. The number of nitrogens with zero attached hydrogens (tertiary/aromatic N) is 1. The number of methoxy groups -OCH3 is 1. The van der Waals surface area contributed by atoms with Gasteiger partial charge >= 0.3 is 0 Å². The minimum Gasteiger partial charge on any atom is -0.550 e. The van der Waals surface area contributed by atoms with E-state index in [-0.39, 0.29) is 28.8 Å². The molecule has 0 fully saturated rings. The average molecular weight is 342 g/mol. The first-order chi connectivity index (χ1) is 12.0. The summed E-state index contributed by atoms with van der Waals surface area (Å²) in [6.07, 6.45) is -0.455. The molecule has 1 heterocycles.